The lowest BCUT2D eigenvalue weighted by Crippen LogP contribution is -2.20. The topological polar surface area (TPSA) is 68.3 Å². The average Bonchev–Trinajstić information content (AvgIpc) is 2.84. The molecule has 5 nitrogen and oxygen atoms in total. The molecular weight excluding hydrogens is 432 g/mol. The Bertz CT molecular complexity index is 1090. The maximum absolute atomic E-state index is 13.2. The molecule has 0 atom stereocenters. The summed E-state index contributed by atoms with van der Waals surface area (Å²) in [6.45, 7) is 6.53. The van der Waals surface area contributed by atoms with Gasteiger partial charge in [-0.2, -0.15) is 0 Å². The number of hydrogen-bond donors (Lipinski definition) is 1. The summed E-state index contributed by atoms with van der Waals surface area (Å²) < 4.78 is 5.45. The zero-order valence-corrected chi connectivity index (χ0v) is 20.2. The minimum atomic E-state index is -0.447. The molecule has 0 spiro atoms. The highest BCUT2D eigenvalue weighted by Gasteiger charge is 2.28. The quantitative estimate of drug-likeness (QED) is 0.371. The number of thioether (sulfide) groups is 1. The lowest BCUT2D eigenvalue weighted by atomic mass is 9.92. The molecule has 33 heavy (non-hydrogen) atoms. The largest absolute Gasteiger partial charge is 0.462 e. The number of para-hydroxylation sites is 1. The maximum atomic E-state index is 13.2. The fourth-order valence-electron chi connectivity index (χ4n) is 3.75. The predicted molar refractivity (Wildman–Crippen MR) is 136 cm³/mol. The molecule has 0 amide bonds. The van der Waals surface area contributed by atoms with Gasteiger partial charge in [0.15, 0.2) is 0 Å². The van der Waals surface area contributed by atoms with Crippen LogP contribution >= 0.6 is 11.8 Å². The summed E-state index contributed by atoms with van der Waals surface area (Å²) in [5, 5.41) is 3.34. The molecule has 0 saturated heterocycles. The first-order valence-electron chi connectivity index (χ1n) is 11.3. The normalized spacial score (nSPS) is 10.6. The first kappa shape index (κ1) is 24.5. The highest BCUT2D eigenvalue weighted by Crippen LogP contribution is 2.32. The summed E-state index contributed by atoms with van der Waals surface area (Å²) >= 11 is 1.24. The second-order valence-electron chi connectivity index (χ2n) is 7.34. The van der Waals surface area contributed by atoms with Gasteiger partial charge in [-0.1, -0.05) is 74.1 Å². The molecule has 2 aromatic carbocycles. The smallest absolute Gasteiger partial charge is 0.340 e. The number of rotatable bonds is 10. The van der Waals surface area contributed by atoms with Crippen molar-refractivity contribution in [2.45, 2.75) is 33.6 Å². The van der Waals surface area contributed by atoms with E-state index in [2.05, 4.69) is 5.32 Å². The predicted octanol–water partition coefficient (Wildman–Crippen LogP) is 6.04. The van der Waals surface area contributed by atoms with E-state index in [0.29, 0.717) is 53.2 Å². The third-order valence-corrected chi connectivity index (χ3v) is 5.95. The second kappa shape index (κ2) is 12.2. The van der Waals surface area contributed by atoms with Crippen molar-refractivity contribution in [1.29, 1.82) is 0 Å². The van der Waals surface area contributed by atoms with Gasteiger partial charge in [-0.05, 0) is 43.2 Å². The number of esters is 1. The van der Waals surface area contributed by atoms with Gasteiger partial charge in [0.2, 0.25) is 5.12 Å². The van der Waals surface area contributed by atoms with Crippen molar-refractivity contribution in [3.8, 4) is 11.3 Å². The van der Waals surface area contributed by atoms with Crippen LogP contribution in [0.25, 0.3) is 11.3 Å². The average molecular weight is 463 g/mol. The highest BCUT2D eigenvalue weighted by molar-refractivity contribution is 8.14. The van der Waals surface area contributed by atoms with Gasteiger partial charge in [0.1, 0.15) is 0 Å². The summed E-state index contributed by atoms with van der Waals surface area (Å²) in [4.78, 5) is 31.3. The van der Waals surface area contributed by atoms with Crippen molar-refractivity contribution in [3.63, 3.8) is 0 Å². The van der Waals surface area contributed by atoms with Crippen molar-refractivity contribution >= 4 is 28.5 Å². The van der Waals surface area contributed by atoms with Crippen molar-refractivity contribution in [3.05, 3.63) is 83.0 Å². The van der Waals surface area contributed by atoms with E-state index >= 15 is 0 Å². The Labute approximate surface area is 200 Å². The number of carbonyl (C=O) groups is 2. The molecule has 0 aliphatic rings. The minimum Gasteiger partial charge on any atom is -0.462 e. The summed E-state index contributed by atoms with van der Waals surface area (Å²) in [5.41, 5.74) is 4.72. The first-order chi connectivity index (χ1) is 16.1. The molecule has 0 saturated carbocycles. The molecule has 0 aliphatic carbocycles. The number of aromatic nitrogens is 1. The molecule has 3 rings (SSSR count). The lowest BCUT2D eigenvalue weighted by molar-refractivity contribution is 0.0525. The molecule has 0 aliphatic heterocycles. The Morgan fingerprint density at radius 3 is 2.21 bits per heavy atom. The van der Waals surface area contributed by atoms with Crippen molar-refractivity contribution in [2.24, 2.45) is 0 Å². The van der Waals surface area contributed by atoms with Crippen LogP contribution in [0.4, 0.5) is 5.69 Å². The number of nitrogens with zero attached hydrogens (tertiary/aromatic N) is 1. The van der Waals surface area contributed by atoms with Crippen LogP contribution in [0.1, 0.15) is 52.7 Å². The zero-order valence-electron chi connectivity index (χ0n) is 19.4. The first-order valence-corrected chi connectivity index (χ1v) is 12.3. The van der Waals surface area contributed by atoms with E-state index in [1.165, 1.54) is 11.8 Å². The monoisotopic (exact) mass is 462 g/mol. The Hall–Kier alpha value is -3.12. The van der Waals surface area contributed by atoms with Gasteiger partial charge in [-0.25, -0.2) is 4.79 Å². The van der Waals surface area contributed by atoms with Crippen molar-refractivity contribution in [1.82, 2.24) is 4.98 Å². The fourth-order valence-corrected chi connectivity index (χ4v) is 4.40. The standard InChI is InChI=1S/C27H30N2O3S/c1-4-22-23(27(31)33-6-3)21(17-18-28-20-15-11-8-12-16-20)24(26(30)32-5-2)25(29-22)19-13-9-7-10-14-19/h7-16,28H,4-6,17-18H2,1-3H3. The fraction of sp³-hybridized carbons (Fsp3) is 0.296. The van der Waals surface area contributed by atoms with Crippen LogP contribution in [0.3, 0.4) is 0 Å². The van der Waals surface area contributed by atoms with Crippen LogP contribution in [0.15, 0.2) is 60.7 Å². The summed E-state index contributed by atoms with van der Waals surface area (Å²) in [7, 11) is 0. The molecule has 172 valence electrons. The minimum absolute atomic E-state index is 0.0540. The molecular formula is C27H30N2O3S. The van der Waals surface area contributed by atoms with E-state index in [1.54, 1.807) is 6.92 Å². The molecule has 0 fully saturated rings. The van der Waals surface area contributed by atoms with E-state index in [9.17, 15) is 9.59 Å². The Morgan fingerprint density at radius 2 is 1.61 bits per heavy atom. The second-order valence-corrected chi connectivity index (χ2v) is 8.58. The van der Waals surface area contributed by atoms with Gasteiger partial charge < -0.3 is 10.1 Å². The number of aryl methyl sites for hydroxylation is 1. The molecule has 0 bridgehead atoms. The Balaban J connectivity index is 2.18. The van der Waals surface area contributed by atoms with Gasteiger partial charge in [0.25, 0.3) is 0 Å². The number of benzene rings is 2. The van der Waals surface area contributed by atoms with Gasteiger partial charge >= 0.3 is 5.97 Å². The van der Waals surface area contributed by atoms with E-state index < -0.39 is 5.97 Å². The lowest BCUT2D eigenvalue weighted by Gasteiger charge is -2.20. The maximum Gasteiger partial charge on any atom is 0.340 e. The molecule has 3 aromatic rings. The Morgan fingerprint density at radius 1 is 0.939 bits per heavy atom. The zero-order chi connectivity index (χ0) is 23.6. The van der Waals surface area contributed by atoms with Crippen LogP contribution in [0.2, 0.25) is 0 Å². The number of pyridine rings is 1. The number of ether oxygens (including phenoxy) is 1. The number of carbonyl (C=O) groups excluding carboxylic acids is 2. The van der Waals surface area contributed by atoms with Crippen molar-refractivity contribution in [2.75, 3.05) is 24.2 Å². The molecule has 1 heterocycles. The Kier molecular flexibility index (Phi) is 9.07. The van der Waals surface area contributed by atoms with Crippen LogP contribution in [0, 0.1) is 0 Å². The summed E-state index contributed by atoms with van der Waals surface area (Å²) in [6.07, 6.45) is 1.08. The van der Waals surface area contributed by atoms with E-state index in [-0.39, 0.29) is 11.7 Å². The van der Waals surface area contributed by atoms with Gasteiger partial charge in [-0.15, -0.1) is 0 Å². The molecule has 0 unspecified atom stereocenters. The van der Waals surface area contributed by atoms with Crippen LogP contribution in [0.5, 0.6) is 0 Å². The molecule has 0 radical (unpaired) electrons. The van der Waals surface area contributed by atoms with Crippen molar-refractivity contribution < 1.29 is 14.3 Å². The van der Waals surface area contributed by atoms with E-state index in [0.717, 1.165) is 11.3 Å². The van der Waals surface area contributed by atoms with Crippen LogP contribution in [-0.2, 0) is 17.6 Å². The van der Waals surface area contributed by atoms with E-state index in [1.807, 2.05) is 74.5 Å². The summed E-state index contributed by atoms with van der Waals surface area (Å²) in [5.74, 6) is 0.204. The number of anilines is 1. The third-order valence-electron chi connectivity index (χ3n) is 5.19. The number of nitrogens with one attached hydrogen (secondary N) is 1. The number of hydrogen-bond acceptors (Lipinski definition) is 6. The third kappa shape index (κ3) is 6.02. The summed E-state index contributed by atoms with van der Waals surface area (Å²) in [6, 6.07) is 19.5. The van der Waals surface area contributed by atoms with Gasteiger partial charge in [-0.3, -0.25) is 9.78 Å². The van der Waals surface area contributed by atoms with Gasteiger partial charge in [0.05, 0.1) is 29.1 Å². The van der Waals surface area contributed by atoms with E-state index in [4.69, 9.17) is 9.72 Å². The van der Waals surface area contributed by atoms with Gasteiger partial charge in [0, 0.05) is 17.8 Å². The molecule has 6 heteroatoms. The SMILES string of the molecule is CCOC(=O)c1c(-c2ccccc2)nc(CC)c(C(=O)SCC)c1CCNc1ccccc1. The molecule has 1 N–H and O–H groups in total. The van der Waals surface area contributed by atoms with Crippen LogP contribution < -0.4 is 5.32 Å². The molecule has 1 aromatic heterocycles. The van der Waals surface area contributed by atoms with Crippen LogP contribution in [-0.4, -0.2) is 35.0 Å². The highest BCUT2D eigenvalue weighted by atomic mass is 32.2.